The number of hydrogen-bond acceptors (Lipinski definition) is 6. The molecule has 2 bridgehead atoms. The number of aliphatic hydroxyl groups excluding tert-OH is 1. The van der Waals surface area contributed by atoms with E-state index in [4.69, 9.17) is 9.47 Å². The number of amides is 2. The van der Waals surface area contributed by atoms with E-state index in [1.807, 2.05) is 65.8 Å². The van der Waals surface area contributed by atoms with Crippen molar-refractivity contribution in [3.8, 4) is 0 Å². The van der Waals surface area contributed by atoms with Crippen LogP contribution in [0.1, 0.15) is 70.9 Å². The van der Waals surface area contributed by atoms with Gasteiger partial charge in [0.1, 0.15) is 17.6 Å². The molecule has 8 nitrogen and oxygen atoms in total. The van der Waals surface area contributed by atoms with Gasteiger partial charge in [0.15, 0.2) is 0 Å². The first-order valence-electron chi connectivity index (χ1n) is 15.8. The molecule has 1 aromatic rings. The van der Waals surface area contributed by atoms with E-state index in [2.05, 4.69) is 13.2 Å². The van der Waals surface area contributed by atoms with Gasteiger partial charge in [-0.3, -0.25) is 14.4 Å². The Hall–Kier alpha value is -2.97. The van der Waals surface area contributed by atoms with Crippen molar-refractivity contribution < 1.29 is 29.0 Å². The van der Waals surface area contributed by atoms with Crippen molar-refractivity contribution in [2.75, 3.05) is 24.7 Å². The molecule has 7 atom stereocenters. The number of unbranched alkanes of at least 4 members (excludes halogenated alkanes) is 2. The van der Waals surface area contributed by atoms with Gasteiger partial charge in [0, 0.05) is 12.2 Å². The summed E-state index contributed by atoms with van der Waals surface area (Å²) in [6, 6.07) is 4.32. The number of benzene rings is 1. The zero-order valence-electron chi connectivity index (χ0n) is 26.8. The largest absolute Gasteiger partial charge is 0.465 e. The molecule has 8 heteroatoms. The molecule has 3 fully saturated rings. The first-order valence-corrected chi connectivity index (χ1v) is 15.8. The van der Waals surface area contributed by atoms with Crippen molar-refractivity contribution in [2.45, 2.75) is 96.9 Å². The SMILES string of the molecule is C=CCCCCOC(=O)[C@@H]1[C@H]2C(=O)N([C@@H](CO)CC(C)C)C(C(=O)N(CC=C)c3cc(C)ccc3C)C23CC(C)[C@@]1(C)O3. The quantitative estimate of drug-likeness (QED) is 0.182. The lowest BCUT2D eigenvalue weighted by atomic mass is 9.62. The lowest BCUT2D eigenvalue weighted by Crippen LogP contribution is -2.59. The van der Waals surface area contributed by atoms with Crippen LogP contribution in [0, 0.1) is 37.5 Å². The van der Waals surface area contributed by atoms with Gasteiger partial charge < -0.3 is 24.4 Å². The molecule has 43 heavy (non-hydrogen) atoms. The molecule has 2 amide bonds. The normalized spacial score (nSPS) is 30.0. The average molecular weight is 595 g/mol. The molecule has 3 saturated heterocycles. The second kappa shape index (κ2) is 12.9. The summed E-state index contributed by atoms with van der Waals surface area (Å²) < 4.78 is 12.7. The van der Waals surface area contributed by atoms with Crippen molar-refractivity contribution in [1.29, 1.82) is 0 Å². The summed E-state index contributed by atoms with van der Waals surface area (Å²) in [7, 11) is 0. The minimum absolute atomic E-state index is 0.101. The molecule has 0 radical (unpaired) electrons. The molecular weight excluding hydrogens is 544 g/mol. The van der Waals surface area contributed by atoms with Crippen molar-refractivity contribution in [3.63, 3.8) is 0 Å². The van der Waals surface area contributed by atoms with Crippen LogP contribution < -0.4 is 4.90 Å². The van der Waals surface area contributed by atoms with Crippen LogP contribution >= 0.6 is 0 Å². The number of likely N-dealkylation sites (tertiary alicyclic amines) is 1. The highest BCUT2D eigenvalue weighted by molar-refractivity contribution is 6.05. The van der Waals surface area contributed by atoms with E-state index in [1.165, 1.54) is 0 Å². The first-order chi connectivity index (χ1) is 20.4. The van der Waals surface area contributed by atoms with E-state index >= 15 is 0 Å². The molecule has 3 heterocycles. The number of anilines is 1. The predicted molar refractivity (Wildman–Crippen MR) is 167 cm³/mol. The second-order valence-corrected chi connectivity index (χ2v) is 13.4. The number of aliphatic hydroxyl groups is 1. The lowest BCUT2D eigenvalue weighted by Gasteiger charge is -2.40. The van der Waals surface area contributed by atoms with E-state index in [0.717, 1.165) is 29.7 Å². The molecule has 4 rings (SSSR count). The number of carbonyl (C=O) groups excluding carboxylic acids is 3. The molecule has 3 unspecified atom stereocenters. The van der Waals surface area contributed by atoms with E-state index in [9.17, 15) is 19.5 Å². The van der Waals surface area contributed by atoms with Crippen LogP contribution in [0.15, 0.2) is 43.5 Å². The number of aryl methyl sites for hydroxylation is 2. The molecular formula is C35H50N2O6. The Kier molecular flexibility index (Phi) is 9.92. The van der Waals surface area contributed by atoms with Crippen molar-refractivity contribution >= 4 is 23.5 Å². The Morgan fingerprint density at radius 1 is 1.23 bits per heavy atom. The van der Waals surface area contributed by atoms with Crippen molar-refractivity contribution in [2.24, 2.45) is 23.7 Å². The van der Waals surface area contributed by atoms with Gasteiger partial charge in [-0.25, -0.2) is 0 Å². The van der Waals surface area contributed by atoms with E-state index in [1.54, 1.807) is 15.9 Å². The fourth-order valence-electron chi connectivity index (χ4n) is 7.78. The number of allylic oxidation sites excluding steroid dienone is 1. The second-order valence-electron chi connectivity index (χ2n) is 13.4. The summed E-state index contributed by atoms with van der Waals surface area (Å²) in [4.78, 5) is 46.6. The summed E-state index contributed by atoms with van der Waals surface area (Å²) in [6.07, 6.45) is 6.85. The van der Waals surface area contributed by atoms with Crippen LogP contribution in [0.3, 0.4) is 0 Å². The van der Waals surface area contributed by atoms with Crippen molar-refractivity contribution in [3.05, 3.63) is 54.6 Å². The fraction of sp³-hybridized carbons (Fsp3) is 0.629. The maximum absolute atomic E-state index is 14.9. The Labute approximate surface area is 257 Å². The Morgan fingerprint density at radius 2 is 1.95 bits per heavy atom. The van der Waals surface area contributed by atoms with Gasteiger partial charge in [-0.05, 0) is 81.9 Å². The fourth-order valence-corrected chi connectivity index (χ4v) is 7.78. The van der Waals surface area contributed by atoms with Crippen molar-refractivity contribution in [1.82, 2.24) is 4.90 Å². The third kappa shape index (κ3) is 5.68. The minimum Gasteiger partial charge on any atom is -0.465 e. The summed E-state index contributed by atoms with van der Waals surface area (Å²) in [5.41, 5.74) is 0.473. The molecule has 0 aromatic heterocycles. The van der Waals surface area contributed by atoms with Gasteiger partial charge in [0.05, 0.1) is 30.8 Å². The maximum atomic E-state index is 14.9. The summed E-state index contributed by atoms with van der Waals surface area (Å²) in [5, 5.41) is 10.6. The molecule has 1 spiro atoms. The molecule has 0 aliphatic carbocycles. The van der Waals surface area contributed by atoms with Gasteiger partial charge in [-0.2, -0.15) is 0 Å². The predicted octanol–water partition coefficient (Wildman–Crippen LogP) is 5.14. The van der Waals surface area contributed by atoms with Gasteiger partial charge in [-0.15, -0.1) is 13.2 Å². The third-order valence-corrected chi connectivity index (χ3v) is 9.87. The van der Waals surface area contributed by atoms with E-state index < -0.39 is 41.1 Å². The highest BCUT2D eigenvalue weighted by Crippen LogP contribution is 2.66. The minimum atomic E-state index is -1.23. The molecule has 236 valence electrons. The highest BCUT2D eigenvalue weighted by atomic mass is 16.6. The van der Waals surface area contributed by atoms with Crippen LogP contribution in [-0.4, -0.2) is 70.8 Å². The number of carbonyl (C=O) groups is 3. The number of ether oxygens (including phenoxy) is 2. The third-order valence-electron chi connectivity index (χ3n) is 9.87. The molecule has 0 saturated carbocycles. The number of esters is 1. The Balaban J connectivity index is 1.82. The Bertz CT molecular complexity index is 1240. The molecule has 1 aromatic carbocycles. The number of fused-ring (bicyclic) bond motifs is 1. The standard InChI is InChI=1S/C35H50N2O6/c1-9-11-12-13-17-42-33(41)29-28-31(39)37(26(21-38)18-22(3)4)30(35(28)20-25(7)34(29,8)43-35)32(40)36(16-10-2)27-19-23(5)14-15-24(27)6/h9-10,14-15,19,22,25-26,28-30,38H,1-2,11-13,16-18,20-21H2,3-8H3/t25?,26-,28+,29+,30?,34-,35?/m1/s1. The summed E-state index contributed by atoms with van der Waals surface area (Å²) in [6.45, 7) is 19.7. The van der Waals surface area contributed by atoms with Crippen LogP contribution in [0.25, 0.3) is 0 Å². The number of hydrogen-bond donors (Lipinski definition) is 1. The average Bonchev–Trinajstić information content (AvgIpc) is 3.47. The van der Waals surface area contributed by atoms with Crippen LogP contribution in [0.4, 0.5) is 5.69 Å². The summed E-state index contributed by atoms with van der Waals surface area (Å²) in [5.74, 6) is -2.74. The number of rotatable bonds is 14. The molecule has 3 aliphatic rings. The lowest BCUT2D eigenvalue weighted by molar-refractivity contribution is -0.162. The van der Waals surface area contributed by atoms with Crippen LogP contribution in [-0.2, 0) is 23.9 Å². The maximum Gasteiger partial charge on any atom is 0.312 e. The summed E-state index contributed by atoms with van der Waals surface area (Å²) >= 11 is 0. The van der Waals surface area contributed by atoms with E-state index in [-0.39, 0.29) is 43.4 Å². The topological polar surface area (TPSA) is 96.4 Å². The van der Waals surface area contributed by atoms with E-state index in [0.29, 0.717) is 19.3 Å². The zero-order chi connectivity index (χ0) is 31.7. The zero-order valence-corrected chi connectivity index (χ0v) is 26.8. The smallest absolute Gasteiger partial charge is 0.312 e. The van der Waals surface area contributed by atoms with Gasteiger partial charge in [0.25, 0.3) is 5.91 Å². The molecule has 1 N–H and O–H groups in total. The van der Waals surface area contributed by atoms with Gasteiger partial charge in [0.2, 0.25) is 5.91 Å². The van der Waals surface area contributed by atoms with Gasteiger partial charge in [-0.1, -0.05) is 45.1 Å². The van der Waals surface area contributed by atoms with Crippen LogP contribution in [0.2, 0.25) is 0 Å². The Morgan fingerprint density at radius 3 is 2.58 bits per heavy atom. The highest BCUT2D eigenvalue weighted by Gasteiger charge is 2.80. The van der Waals surface area contributed by atoms with Crippen LogP contribution in [0.5, 0.6) is 0 Å². The number of nitrogens with zero attached hydrogens (tertiary/aromatic N) is 2. The monoisotopic (exact) mass is 594 g/mol. The van der Waals surface area contributed by atoms with Gasteiger partial charge >= 0.3 is 5.97 Å². The molecule has 3 aliphatic heterocycles. The first kappa shape index (κ1) is 32.9.